The summed E-state index contributed by atoms with van der Waals surface area (Å²) >= 11 is 0. The number of nitrogens with zero attached hydrogens (tertiary/aromatic N) is 3. The summed E-state index contributed by atoms with van der Waals surface area (Å²) in [5.41, 5.74) is 10.3. The Morgan fingerprint density at radius 1 is 0.298 bits per heavy atom. The Labute approximate surface area is 333 Å². The molecule has 0 amide bonds. The summed E-state index contributed by atoms with van der Waals surface area (Å²) in [5.74, 6) is 2.00. The van der Waals surface area contributed by atoms with E-state index >= 15 is 0 Å². The van der Waals surface area contributed by atoms with Crippen LogP contribution in [0.1, 0.15) is 0 Å². The van der Waals surface area contributed by atoms with Gasteiger partial charge in [-0.2, -0.15) is 10.0 Å². The molecule has 1 aromatic heterocycles. The molecule has 2 heterocycles. The molecule has 10 aromatic rings. The van der Waals surface area contributed by atoms with Gasteiger partial charge in [0.15, 0.2) is 17.5 Å². The molecule has 0 bridgehead atoms. The van der Waals surface area contributed by atoms with Gasteiger partial charge in [0.05, 0.1) is 0 Å². The quantitative estimate of drug-likeness (QED) is 0.176. The summed E-state index contributed by atoms with van der Waals surface area (Å²) in [7, 11) is -1.20. The molecule has 57 heavy (non-hydrogen) atoms. The van der Waals surface area contributed by atoms with E-state index in [1.54, 1.807) is 0 Å². The van der Waals surface area contributed by atoms with E-state index in [4.69, 9.17) is 15.0 Å². The molecular weight excluding hydrogens is 711 g/mol. The van der Waals surface area contributed by atoms with Crippen LogP contribution < -0.4 is 0 Å². The first-order valence-corrected chi connectivity index (χ1v) is 21.8. The van der Waals surface area contributed by atoms with Gasteiger partial charge < -0.3 is 0 Å². The van der Waals surface area contributed by atoms with Crippen molar-refractivity contribution in [3.05, 3.63) is 188 Å². The van der Waals surface area contributed by atoms with Crippen LogP contribution in [-0.2, 0) is 0 Å². The molecule has 0 aliphatic carbocycles. The van der Waals surface area contributed by atoms with E-state index in [1.807, 2.05) is 0 Å². The van der Waals surface area contributed by atoms with E-state index in [1.165, 1.54) is 53.6 Å². The molecule has 4 heteroatoms. The van der Waals surface area contributed by atoms with Gasteiger partial charge in [-0.3, -0.25) is 0 Å². The average molecular weight is 748 g/mol. The first-order chi connectivity index (χ1) is 28.0. The van der Waals surface area contributed by atoms with Crippen molar-refractivity contribution in [1.82, 2.24) is 15.0 Å². The van der Waals surface area contributed by atoms with Crippen LogP contribution in [0.3, 0.4) is 0 Å². The Kier molecular flexibility index (Phi) is 7.70. The zero-order valence-electron chi connectivity index (χ0n) is 31.6. The molecule has 1 aliphatic heterocycles. The molecule has 1 aliphatic rings. The van der Waals surface area contributed by atoms with Crippen LogP contribution in [0, 0.1) is 0 Å². The monoisotopic (exact) mass is 747 g/mol. The summed E-state index contributed by atoms with van der Waals surface area (Å²) in [4.78, 5) is 18.5. The SMILES string of the molecule is CS1(C)c2ccccc2-c2ccc(-c3nc(-c4cccc(-c5ccc6cc(-c7cccc8ccccc78)ccc6c5)c4)nc(-c4cccc5ccccc45)n3)cc21. The van der Waals surface area contributed by atoms with Crippen molar-refractivity contribution in [2.75, 3.05) is 12.5 Å². The van der Waals surface area contributed by atoms with Crippen LogP contribution in [0.25, 0.3) is 99.9 Å². The van der Waals surface area contributed by atoms with Crippen molar-refractivity contribution < 1.29 is 0 Å². The zero-order chi connectivity index (χ0) is 38.1. The van der Waals surface area contributed by atoms with Crippen molar-refractivity contribution in [1.29, 1.82) is 0 Å². The number of hydrogen-bond acceptors (Lipinski definition) is 3. The minimum Gasteiger partial charge on any atom is -0.208 e. The minimum absolute atomic E-state index is 0.653. The lowest BCUT2D eigenvalue weighted by atomic mass is 9.94. The van der Waals surface area contributed by atoms with Gasteiger partial charge >= 0.3 is 0 Å². The molecule has 0 fully saturated rings. The van der Waals surface area contributed by atoms with E-state index < -0.39 is 10.0 Å². The maximum atomic E-state index is 5.23. The predicted octanol–water partition coefficient (Wildman–Crippen LogP) is 14.1. The van der Waals surface area contributed by atoms with Gasteiger partial charge in [0.1, 0.15) is 0 Å². The summed E-state index contributed by atoms with van der Waals surface area (Å²) < 4.78 is 0. The summed E-state index contributed by atoms with van der Waals surface area (Å²) in [6.45, 7) is 0. The third-order valence-corrected chi connectivity index (χ3v) is 14.5. The first kappa shape index (κ1) is 33.5. The van der Waals surface area contributed by atoms with Gasteiger partial charge in [-0.05, 0) is 109 Å². The van der Waals surface area contributed by atoms with Crippen molar-refractivity contribution in [3.8, 4) is 67.5 Å². The molecule has 270 valence electrons. The smallest absolute Gasteiger partial charge is 0.164 e. The van der Waals surface area contributed by atoms with Crippen molar-refractivity contribution in [2.45, 2.75) is 9.79 Å². The van der Waals surface area contributed by atoms with Crippen molar-refractivity contribution >= 4 is 42.3 Å². The van der Waals surface area contributed by atoms with E-state index in [9.17, 15) is 0 Å². The average Bonchev–Trinajstić information content (AvgIpc) is 3.50. The second kappa shape index (κ2) is 13.1. The molecule has 0 saturated heterocycles. The third kappa shape index (κ3) is 5.63. The van der Waals surface area contributed by atoms with Crippen LogP contribution in [-0.4, -0.2) is 27.5 Å². The first-order valence-electron chi connectivity index (χ1n) is 19.3. The zero-order valence-corrected chi connectivity index (χ0v) is 32.5. The van der Waals surface area contributed by atoms with Crippen LogP contribution in [0.15, 0.2) is 198 Å². The molecule has 0 spiro atoms. The fraction of sp³-hybridized carbons (Fsp3) is 0.0377. The van der Waals surface area contributed by atoms with Gasteiger partial charge in [-0.1, -0.05) is 158 Å². The summed E-state index contributed by atoms with van der Waals surface area (Å²) in [6.07, 6.45) is 4.79. The normalized spacial score (nSPS) is 13.4. The van der Waals surface area contributed by atoms with E-state index in [0.717, 1.165) is 38.6 Å². The van der Waals surface area contributed by atoms with Gasteiger partial charge in [0.25, 0.3) is 0 Å². The number of hydrogen-bond donors (Lipinski definition) is 0. The second-order valence-electron chi connectivity index (χ2n) is 15.3. The number of rotatable bonds is 5. The molecule has 0 atom stereocenters. The number of fused-ring (bicyclic) bond motifs is 6. The van der Waals surface area contributed by atoms with Crippen molar-refractivity contribution in [2.24, 2.45) is 0 Å². The Bertz CT molecular complexity index is 3230. The second-order valence-corrected chi connectivity index (χ2v) is 18.8. The highest BCUT2D eigenvalue weighted by molar-refractivity contribution is 8.33. The lowest BCUT2D eigenvalue weighted by Gasteiger charge is -2.28. The minimum atomic E-state index is -1.20. The van der Waals surface area contributed by atoms with E-state index in [2.05, 4.69) is 201 Å². The Morgan fingerprint density at radius 2 is 0.789 bits per heavy atom. The molecule has 0 N–H and O–H groups in total. The van der Waals surface area contributed by atoms with Gasteiger partial charge in [0.2, 0.25) is 0 Å². The van der Waals surface area contributed by atoms with Crippen molar-refractivity contribution in [3.63, 3.8) is 0 Å². The Hall–Kier alpha value is -6.88. The van der Waals surface area contributed by atoms with Gasteiger partial charge in [-0.15, -0.1) is 0 Å². The highest BCUT2D eigenvalue weighted by atomic mass is 32.3. The lowest BCUT2D eigenvalue weighted by molar-refractivity contribution is 1.07. The molecule has 3 nitrogen and oxygen atoms in total. The highest BCUT2D eigenvalue weighted by Crippen LogP contribution is 2.67. The molecule has 0 saturated carbocycles. The predicted molar refractivity (Wildman–Crippen MR) is 241 cm³/mol. The summed E-state index contributed by atoms with van der Waals surface area (Å²) in [6, 6.07) is 67.7. The number of benzene rings is 9. The Morgan fingerprint density at radius 3 is 1.56 bits per heavy atom. The van der Waals surface area contributed by atoms with Crippen LogP contribution in [0.4, 0.5) is 0 Å². The fourth-order valence-electron chi connectivity index (χ4n) is 8.64. The largest absolute Gasteiger partial charge is 0.208 e. The van der Waals surface area contributed by atoms with Crippen LogP contribution in [0.2, 0.25) is 0 Å². The Balaban J connectivity index is 1.02. The van der Waals surface area contributed by atoms with E-state index in [0.29, 0.717) is 17.5 Å². The van der Waals surface area contributed by atoms with Gasteiger partial charge in [-0.25, -0.2) is 15.0 Å². The molecule has 0 radical (unpaired) electrons. The molecule has 0 unspecified atom stereocenters. The molecule has 9 aromatic carbocycles. The third-order valence-electron chi connectivity index (χ3n) is 11.6. The lowest BCUT2D eigenvalue weighted by Crippen LogP contribution is -2.01. The summed E-state index contributed by atoms with van der Waals surface area (Å²) in [5, 5.41) is 7.21. The van der Waals surface area contributed by atoms with Gasteiger partial charge in [0, 0.05) is 26.5 Å². The fourth-order valence-corrected chi connectivity index (χ4v) is 11.2. The van der Waals surface area contributed by atoms with Crippen LogP contribution in [0.5, 0.6) is 0 Å². The van der Waals surface area contributed by atoms with E-state index in [-0.39, 0.29) is 0 Å². The number of aromatic nitrogens is 3. The van der Waals surface area contributed by atoms with Crippen LogP contribution >= 0.6 is 10.0 Å². The standard InChI is InChI=1S/C53H37N3S/c1-57(2)49-23-8-7-20-46(49)47-29-28-42(33-50(47)57)52-54-51(55-53(56-52)48-22-11-15-35-13-4-6-19-44(35)48)41-17-9-16-36(32-41)37-24-25-39-31-40(27-26-38(39)30-37)45-21-10-14-34-12-3-5-18-43(34)45/h3-33H,1-2H3. The maximum Gasteiger partial charge on any atom is 0.164 e. The maximum absolute atomic E-state index is 5.23. The highest BCUT2D eigenvalue weighted by Gasteiger charge is 2.32. The molecule has 11 rings (SSSR count). The molecular formula is C53H37N3S. The topological polar surface area (TPSA) is 38.7 Å².